The number of hydrogen-bond acceptors (Lipinski definition) is 6. The van der Waals surface area contributed by atoms with Crippen molar-refractivity contribution in [1.29, 1.82) is 0 Å². The summed E-state index contributed by atoms with van der Waals surface area (Å²) >= 11 is 0. The predicted molar refractivity (Wildman–Crippen MR) is 61.3 cm³/mol. The quantitative estimate of drug-likeness (QED) is 0.773. The van der Waals surface area contributed by atoms with Crippen LogP contribution in [-0.4, -0.2) is 34.3 Å². The topological polar surface area (TPSA) is 77.3 Å². The summed E-state index contributed by atoms with van der Waals surface area (Å²) in [4.78, 5) is 15.5. The van der Waals surface area contributed by atoms with Crippen LogP contribution in [0.3, 0.4) is 0 Å². The third-order valence-corrected chi connectivity index (χ3v) is 1.96. The summed E-state index contributed by atoms with van der Waals surface area (Å²) in [5, 5.41) is 6.54. The second-order valence-corrected chi connectivity index (χ2v) is 4.79. The van der Waals surface area contributed by atoms with Crippen LogP contribution in [0.25, 0.3) is 0 Å². The summed E-state index contributed by atoms with van der Waals surface area (Å²) in [6.45, 7) is 7.88. The highest BCUT2D eigenvalue weighted by molar-refractivity contribution is 5.75. The Morgan fingerprint density at radius 3 is 2.82 bits per heavy atom. The lowest BCUT2D eigenvalue weighted by Crippen LogP contribution is -2.40. The Morgan fingerprint density at radius 2 is 2.29 bits per heavy atom. The lowest BCUT2D eigenvalue weighted by Gasteiger charge is -2.22. The summed E-state index contributed by atoms with van der Waals surface area (Å²) in [7, 11) is 0. The Balaban J connectivity index is 2.25. The van der Waals surface area contributed by atoms with Gasteiger partial charge in [0.15, 0.2) is 6.33 Å². The number of rotatable bonds is 5. The first kappa shape index (κ1) is 13.6. The molecule has 0 radical (unpaired) electrons. The highest BCUT2D eigenvalue weighted by atomic mass is 16.6. The molecule has 0 fully saturated rings. The van der Waals surface area contributed by atoms with Gasteiger partial charge < -0.3 is 14.6 Å². The van der Waals surface area contributed by atoms with E-state index in [9.17, 15) is 4.79 Å². The molecular weight excluding hydrogens is 222 g/mol. The van der Waals surface area contributed by atoms with Gasteiger partial charge in [-0.1, -0.05) is 5.16 Å². The summed E-state index contributed by atoms with van der Waals surface area (Å²) in [5.74, 6) is 0.289. The van der Waals surface area contributed by atoms with Gasteiger partial charge in [0.05, 0.1) is 0 Å². The highest BCUT2D eigenvalue weighted by Gasteiger charge is 2.21. The maximum atomic E-state index is 11.6. The zero-order valence-corrected chi connectivity index (χ0v) is 10.7. The van der Waals surface area contributed by atoms with Crippen molar-refractivity contribution in [3.05, 3.63) is 12.2 Å². The summed E-state index contributed by atoms with van der Waals surface area (Å²) in [6.07, 6.45) is 1.94. The molecule has 1 atom stereocenters. The van der Waals surface area contributed by atoms with Gasteiger partial charge in [-0.3, -0.25) is 4.79 Å². The normalized spacial score (nSPS) is 13.4. The number of esters is 1. The van der Waals surface area contributed by atoms with E-state index in [1.54, 1.807) is 6.92 Å². The fourth-order valence-corrected chi connectivity index (χ4v) is 1.18. The molecule has 96 valence electrons. The molecule has 1 aromatic rings. The average Bonchev–Trinajstić information content (AvgIpc) is 2.67. The van der Waals surface area contributed by atoms with E-state index in [2.05, 4.69) is 15.5 Å². The van der Waals surface area contributed by atoms with Gasteiger partial charge in [-0.2, -0.15) is 4.98 Å². The first-order chi connectivity index (χ1) is 7.88. The molecular formula is C11H19N3O3. The molecule has 6 nitrogen and oxygen atoms in total. The van der Waals surface area contributed by atoms with Crippen LogP contribution >= 0.6 is 0 Å². The van der Waals surface area contributed by atoms with Gasteiger partial charge in [0.25, 0.3) is 0 Å². The molecule has 6 heteroatoms. The Morgan fingerprint density at radius 1 is 1.59 bits per heavy atom. The van der Waals surface area contributed by atoms with E-state index in [-0.39, 0.29) is 12.0 Å². The molecule has 0 aromatic carbocycles. The van der Waals surface area contributed by atoms with Gasteiger partial charge >= 0.3 is 5.97 Å². The first-order valence-corrected chi connectivity index (χ1v) is 5.60. The first-order valence-electron chi connectivity index (χ1n) is 5.60. The van der Waals surface area contributed by atoms with Crippen LogP contribution in [-0.2, 0) is 16.0 Å². The van der Waals surface area contributed by atoms with Crippen LogP contribution in [0.4, 0.5) is 0 Å². The van der Waals surface area contributed by atoms with Crippen molar-refractivity contribution in [2.24, 2.45) is 0 Å². The maximum Gasteiger partial charge on any atom is 0.323 e. The monoisotopic (exact) mass is 241 g/mol. The van der Waals surface area contributed by atoms with Crippen molar-refractivity contribution >= 4 is 5.97 Å². The zero-order chi connectivity index (χ0) is 12.9. The van der Waals surface area contributed by atoms with Gasteiger partial charge in [-0.25, -0.2) is 0 Å². The molecule has 0 saturated heterocycles. The maximum absolute atomic E-state index is 11.6. The Labute approximate surface area is 101 Å². The third kappa shape index (κ3) is 5.44. The van der Waals surface area contributed by atoms with Crippen LogP contribution in [0, 0.1) is 0 Å². The number of nitrogens with zero attached hydrogens (tertiary/aromatic N) is 2. The van der Waals surface area contributed by atoms with Crippen LogP contribution in [0.2, 0.25) is 0 Å². The molecule has 0 aliphatic carbocycles. The van der Waals surface area contributed by atoms with E-state index in [0.29, 0.717) is 18.9 Å². The zero-order valence-electron chi connectivity index (χ0n) is 10.7. The SMILES string of the molecule is CC(NCCc1ncno1)C(=O)OC(C)(C)C. The number of nitrogens with one attached hydrogen (secondary N) is 1. The van der Waals surface area contributed by atoms with E-state index in [0.717, 1.165) is 0 Å². The number of hydrogen-bond donors (Lipinski definition) is 1. The highest BCUT2D eigenvalue weighted by Crippen LogP contribution is 2.08. The molecule has 0 spiro atoms. The minimum absolute atomic E-state index is 0.261. The lowest BCUT2D eigenvalue weighted by molar-refractivity contribution is -0.156. The van der Waals surface area contributed by atoms with Crippen molar-refractivity contribution in [2.75, 3.05) is 6.54 Å². The van der Waals surface area contributed by atoms with E-state index in [1.165, 1.54) is 6.33 Å². The Bertz CT molecular complexity index is 343. The predicted octanol–water partition coefficient (Wildman–Crippen LogP) is 0.932. The molecule has 1 heterocycles. The fourth-order valence-electron chi connectivity index (χ4n) is 1.18. The molecule has 1 aromatic heterocycles. The third-order valence-electron chi connectivity index (χ3n) is 1.96. The van der Waals surface area contributed by atoms with Crippen LogP contribution in [0.1, 0.15) is 33.6 Å². The van der Waals surface area contributed by atoms with Crippen LogP contribution < -0.4 is 5.32 Å². The van der Waals surface area contributed by atoms with Gasteiger partial charge in [0.2, 0.25) is 5.89 Å². The average molecular weight is 241 g/mol. The minimum Gasteiger partial charge on any atom is -0.459 e. The largest absolute Gasteiger partial charge is 0.459 e. The van der Waals surface area contributed by atoms with E-state index in [1.807, 2.05) is 20.8 Å². The van der Waals surface area contributed by atoms with Gasteiger partial charge in [0.1, 0.15) is 11.6 Å². The second kappa shape index (κ2) is 5.77. The second-order valence-electron chi connectivity index (χ2n) is 4.79. The molecule has 0 saturated carbocycles. The smallest absolute Gasteiger partial charge is 0.323 e. The van der Waals surface area contributed by atoms with Gasteiger partial charge in [-0.15, -0.1) is 0 Å². The molecule has 0 aliphatic rings. The van der Waals surface area contributed by atoms with Crippen LogP contribution in [0.5, 0.6) is 0 Å². The van der Waals surface area contributed by atoms with Crippen molar-refractivity contribution in [3.63, 3.8) is 0 Å². The molecule has 1 rings (SSSR count). The van der Waals surface area contributed by atoms with Crippen molar-refractivity contribution in [1.82, 2.24) is 15.5 Å². The van der Waals surface area contributed by atoms with E-state index < -0.39 is 5.60 Å². The van der Waals surface area contributed by atoms with E-state index >= 15 is 0 Å². The van der Waals surface area contributed by atoms with Crippen LogP contribution in [0.15, 0.2) is 10.9 Å². The minimum atomic E-state index is -0.459. The molecule has 0 amide bonds. The molecule has 0 aliphatic heterocycles. The standard InChI is InChI=1S/C11H19N3O3/c1-8(10(15)16-11(2,3)4)12-6-5-9-13-7-14-17-9/h7-8,12H,5-6H2,1-4H3. The van der Waals surface area contributed by atoms with E-state index in [4.69, 9.17) is 9.26 Å². The van der Waals surface area contributed by atoms with Gasteiger partial charge in [-0.05, 0) is 27.7 Å². The summed E-state index contributed by atoms with van der Waals surface area (Å²) in [5.41, 5.74) is -0.459. The number of carbonyl (C=O) groups is 1. The van der Waals surface area contributed by atoms with Crippen molar-refractivity contribution < 1.29 is 14.1 Å². The molecule has 0 bridgehead atoms. The molecule has 17 heavy (non-hydrogen) atoms. The van der Waals surface area contributed by atoms with Gasteiger partial charge in [0, 0.05) is 13.0 Å². The number of carbonyl (C=O) groups excluding carboxylic acids is 1. The Hall–Kier alpha value is -1.43. The Kier molecular flexibility index (Phi) is 4.62. The summed E-state index contributed by atoms with van der Waals surface area (Å²) < 4.78 is 10.1. The molecule has 1 unspecified atom stereocenters. The van der Waals surface area contributed by atoms with Crippen molar-refractivity contribution in [3.8, 4) is 0 Å². The number of aromatic nitrogens is 2. The fraction of sp³-hybridized carbons (Fsp3) is 0.727. The molecule has 1 N–H and O–H groups in total. The lowest BCUT2D eigenvalue weighted by atomic mass is 10.2. The number of ether oxygens (including phenoxy) is 1. The summed E-state index contributed by atoms with van der Waals surface area (Å²) in [6, 6.07) is -0.350. The van der Waals surface area contributed by atoms with Crippen molar-refractivity contribution in [2.45, 2.75) is 45.8 Å².